The van der Waals surface area contributed by atoms with Crippen molar-refractivity contribution < 1.29 is 9.59 Å². The molecular formula is C28H20ClNO2. The summed E-state index contributed by atoms with van der Waals surface area (Å²) in [5.74, 6) is -0.173. The molecule has 0 radical (unpaired) electrons. The van der Waals surface area contributed by atoms with Crippen LogP contribution in [0.5, 0.6) is 0 Å². The number of hydrogen-bond acceptors (Lipinski definition) is 3. The smallest absolute Gasteiger partial charge is 0.192 e. The summed E-state index contributed by atoms with van der Waals surface area (Å²) in [4.78, 5) is 27.1. The lowest BCUT2D eigenvalue weighted by Gasteiger charge is -2.36. The van der Waals surface area contributed by atoms with Gasteiger partial charge in [0.05, 0.1) is 5.70 Å². The van der Waals surface area contributed by atoms with E-state index in [9.17, 15) is 9.59 Å². The number of Topliss-reactive ketones (excluding diaryl/α,β-unsaturated/α-hetero) is 2. The molecule has 3 nitrogen and oxygen atoms in total. The van der Waals surface area contributed by atoms with Gasteiger partial charge in [0.15, 0.2) is 11.6 Å². The van der Waals surface area contributed by atoms with Gasteiger partial charge in [0, 0.05) is 45.3 Å². The molecule has 2 aliphatic carbocycles. The van der Waals surface area contributed by atoms with Gasteiger partial charge in [0.1, 0.15) is 0 Å². The fraction of sp³-hybridized carbons (Fsp3) is 0.143. The quantitative estimate of drug-likeness (QED) is 0.532. The lowest BCUT2D eigenvalue weighted by molar-refractivity contribution is -0.116. The van der Waals surface area contributed by atoms with Crippen molar-refractivity contribution in [3.63, 3.8) is 0 Å². The predicted octanol–water partition coefficient (Wildman–Crippen LogP) is 6.04. The van der Waals surface area contributed by atoms with Gasteiger partial charge in [-0.2, -0.15) is 0 Å². The number of benzene rings is 3. The summed E-state index contributed by atoms with van der Waals surface area (Å²) in [5, 5.41) is 4.17. The molecule has 0 saturated carbocycles. The van der Waals surface area contributed by atoms with Crippen LogP contribution in [0.2, 0.25) is 5.02 Å². The van der Waals surface area contributed by atoms with Crippen LogP contribution in [-0.2, 0) is 4.79 Å². The third-order valence-corrected chi connectivity index (χ3v) is 7.04. The Kier molecular flexibility index (Phi) is 4.41. The van der Waals surface area contributed by atoms with Gasteiger partial charge in [0.2, 0.25) is 0 Å². The Balaban J connectivity index is 1.52. The SMILES string of the molecule is O=C1C[C@H](c2ccccc2)CC2=C1[C@@H](c1ccc(Cl)cc1)C1=C(N2)c2ccccc2C1=O. The second-order valence-corrected chi connectivity index (χ2v) is 9.04. The zero-order valence-electron chi connectivity index (χ0n) is 17.3. The molecule has 1 heterocycles. The molecule has 1 aliphatic heterocycles. The second kappa shape index (κ2) is 7.32. The van der Waals surface area contributed by atoms with Crippen molar-refractivity contribution in [3.05, 3.63) is 123 Å². The molecule has 1 N–H and O–H groups in total. The molecule has 3 aliphatic rings. The van der Waals surface area contributed by atoms with Crippen LogP contribution in [0.15, 0.2) is 95.7 Å². The van der Waals surface area contributed by atoms with Gasteiger partial charge in [-0.25, -0.2) is 0 Å². The van der Waals surface area contributed by atoms with E-state index < -0.39 is 0 Å². The van der Waals surface area contributed by atoms with E-state index in [2.05, 4.69) is 17.4 Å². The fourth-order valence-corrected chi connectivity index (χ4v) is 5.47. The van der Waals surface area contributed by atoms with Gasteiger partial charge in [-0.1, -0.05) is 78.3 Å². The zero-order valence-corrected chi connectivity index (χ0v) is 18.0. The lowest BCUT2D eigenvalue weighted by Crippen LogP contribution is -2.33. The predicted molar refractivity (Wildman–Crippen MR) is 125 cm³/mol. The molecule has 6 rings (SSSR count). The number of halogens is 1. The largest absolute Gasteiger partial charge is 0.358 e. The highest BCUT2D eigenvalue weighted by Gasteiger charge is 2.45. The monoisotopic (exact) mass is 437 g/mol. The molecule has 0 spiro atoms. The highest BCUT2D eigenvalue weighted by Crippen LogP contribution is 2.50. The first kappa shape index (κ1) is 19.3. The first-order valence-corrected chi connectivity index (χ1v) is 11.2. The van der Waals surface area contributed by atoms with Crippen LogP contribution in [0.3, 0.4) is 0 Å². The number of carbonyl (C=O) groups excluding carboxylic acids is 2. The maximum atomic E-state index is 13.6. The van der Waals surface area contributed by atoms with E-state index in [1.165, 1.54) is 5.56 Å². The summed E-state index contributed by atoms with van der Waals surface area (Å²) in [6, 6.07) is 25.4. The van der Waals surface area contributed by atoms with E-state index in [-0.39, 0.29) is 23.4 Å². The summed E-state index contributed by atoms with van der Waals surface area (Å²) >= 11 is 6.15. The fourth-order valence-electron chi connectivity index (χ4n) is 5.34. The lowest BCUT2D eigenvalue weighted by atomic mass is 9.71. The number of nitrogens with one attached hydrogen (secondary N) is 1. The minimum atomic E-state index is -0.386. The van der Waals surface area contributed by atoms with E-state index in [1.54, 1.807) is 0 Å². The van der Waals surface area contributed by atoms with Crippen molar-refractivity contribution in [1.82, 2.24) is 5.32 Å². The van der Waals surface area contributed by atoms with E-state index in [0.717, 1.165) is 34.5 Å². The van der Waals surface area contributed by atoms with Crippen LogP contribution in [0.4, 0.5) is 0 Å². The molecule has 32 heavy (non-hydrogen) atoms. The molecule has 4 heteroatoms. The maximum Gasteiger partial charge on any atom is 0.192 e. The molecule has 0 amide bonds. The molecule has 0 saturated heterocycles. The van der Waals surface area contributed by atoms with Crippen molar-refractivity contribution >= 4 is 28.9 Å². The van der Waals surface area contributed by atoms with Gasteiger partial charge in [0.25, 0.3) is 0 Å². The summed E-state index contributed by atoms with van der Waals surface area (Å²) in [7, 11) is 0. The van der Waals surface area contributed by atoms with Gasteiger partial charge < -0.3 is 5.32 Å². The first-order valence-electron chi connectivity index (χ1n) is 10.8. The summed E-state index contributed by atoms with van der Waals surface area (Å²) in [5.41, 5.74) is 6.84. The van der Waals surface area contributed by atoms with Gasteiger partial charge >= 0.3 is 0 Å². The van der Waals surface area contributed by atoms with Crippen LogP contribution in [-0.4, -0.2) is 11.6 Å². The third-order valence-electron chi connectivity index (χ3n) is 6.79. The number of ketones is 2. The number of carbonyl (C=O) groups is 2. The van der Waals surface area contributed by atoms with Gasteiger partial charge in [-0.3, -0.25) is 9.59 Å². The molecule has 3 aromatic rings. The zero-order chi connectivity index (χ0) is 21.8. The van der Waals surface area contributed by atoms with Gasteiger partial charge in [-0.15, -0.1) is 0 Å². The molecule has 0 unspecified atom stereocenters. The van der Waals surface area contributed by atoms with Crippen molar-refractivity contribution in [3.8, 4) is 0 Å². The molecular weight excluding hydrogens is 418 g/mol. The van der Waals surface area contributed by atoms with Crippen molar-refractivity contribution in [2.24, 2.45) is 0 Å². The number of dihydropyridines is 1. The van der Waals surface area contributed by atoms with Crippen LogP contribution in [0.25, 0.3) is 5.70 Å². The van der Waals surface area contributed by atoms with E-state index in [1.807, 2.05) is 66.7 Å². The Labute approximate surface area is 191 Å². The highest BCUT2D eigenvalue weighted by molar-refractivity contribution is 6.30. The highest BCUT2D eigenvalue weighted by atomic mass is 35.5. The normalized spacial score (nSPS) is 21.8. The average molecular weight is 438 g/mol. The Bertz CT molecular complexity index is 1340. The molecule has 2 atom stereocenters. The van der Waals surface area contributed by atoms with E-state index in [4.69, 9.17) is 11.6 Å². The summed E-state index contributed by atoms with van der Waals surface area (Å²) < 4.78 is 0. The Morgan fingerprint density at radius 1 is 0.719 bits per heavy atom. The minimum absolute atomic E-state index is 0.00687. The third kappa shape index (κ3) is 2.89. The van der Waals surface area contributed by atoms with E-state index in [0.29, 0.717) is 22.6 Å². The number of rotatable bonds is 2. The van der Waals surface area contributed by atoms with Crippen molar-refractivity contribution in [2.45, 2.75) is 24.7 Å². The van der Waals surface area contributed by atoms with E-state index >= 15 is 0 Å². The molecule has 3 aromatic carbocycles. The van der Waals surface area contributed by atoms with Gasteiger partial charge in [-0.05, 0) is 35.6 Å². The Morgan fingerprint density at radius 3 is 2.16 bits per heavy atom. The molecule has 0 bridgehead atoms. The van der Waals surface area contributed by atoms with Crippen LogP contribution in [0, 0.1) is 0 Å². The second-order valence-electron chi connectivity index (χ2n) is 8.60. The number of fused-ring (bicyclic) bond motifs is 2. The number of hydrogen-bond donors (Lipinski definition) is 1. The van der Waals surface area contributed by atoms with Crippen LogP contribution < -0.4 is 5.32 Å². The van der Waals surface area contributed by atoms with Crippen molar-refractivity contribution in [1.29, 1.82) is 0 Å². The maximum absolute atomic E-state index is 13.6. The Morgan fingerprint density at radius 2 is 1.41 bits per heavy atom. The standard InChI is InChI=1S/C28H20ClNO2/c29-19-12-10-17(11-13-19)24-25-22(14-18(15-23(25)31)16-6-2-1-3-7-16)30-27-20-8-4-5-9-21(20)28(32)26(24)27/h1-13,18,24,30H,14-15H2/t18-,24-/m1/s1. The van der Waals surface area contributed by atoms with Crippen molar-refractivity contribution in [2.75, 3.05) is 0 Å². The first-order chi connectivity index (χ1) is 15.6. The van der Waals surface area contributed by atoms with Crippen LogP contribution >= 0.6 is 11.6 Å². The molecule has 156 valence electrons. The summed E-state index contributed by atoms with van der Waals surface area (Å²) in [6.07, 6.45) is 1.18. The minimum Gasteiger partial charge on any atom is -0.358 e. The molecule has 0 fully saturated rings. The average Bonchev–Trinajstić information content (AvgIpc) is 3.11. The Hall–Kier alpha value is -3.43. The van der Waals surface area contributed by atoms with Crippen LogP contribution in [0.1, 0.15) is 51.7 Å². The number of allylic oxidation sites excluding steroid dienone is 3. The topological polar surface area (TPSA) is 46.2 Å². The molecule has 0 aromatic heterocycles. The summed E-state index contributed by atoms with van der Waals surface area (Å²) in [6.45, 7) is 0.